The lowest BCUT2D eigenvalue weighted by Crippen LogP contribution is -2.32. The van der Waals surface area contributed by atoms with Gasteiger partial charge in [-0.15, -0.1) is 11.3 Å². The average Bonchev–Trinajstić information content (AvgIpc) is 2.68. The number of nitrogen functional groups attached to an aromatic ring is 1. The van der Waals surface area contributed by atoms with E-state index in [1.165, 1.54) is 11.3 Å². The SMILES string of the molecule is NC(=O)CNC(=O)c1cc2cc(N)ccc2s1. The fourth-order valence-corrected chi connectivity index (χ4v) is 2.39. The van der Waals surface area contributed by atoms with Crippen molar-refractivity contribution in [1.82, 2.24) is 5.32 Å². The first-order chi connectivity index (χ1) is 8.06. The van der Waals surface area contributed by atoms with Crippen LogP contribution in [0, 0.1) is 0 Å². The molecule has 0 bridgehead atoms. The Morgan fingerprint density at radius 3 is 2.76 bits per heavy atom. The average molecular weight is 249 g/mol. The van der Waals surface area contributed by atoms with Crippen molar-refractivity contribution in [3.63, 3.8) is 0 Å². The number of primary amides is 1. The summed E-state index contributed by atoms with van der Waals surface area (Å²) in [5.74, 6) is -0.868. The number of nitrogens with one attached hydrogen (secondary N) is 1. The molecule has 2 aromatic rings. The van der Waals surface area contributed by atoms with Gasteiger partial charge in [0, 0.05) is 10.4 Å². The van der Waals surface area contributed by atoms with E-state index in [0.717, 1.165) is 10.1 Å². The number of hydrogen-bond acceptors (Lipinski definition) is 4. The van der Waals surface area contributed by atoms with Crippen LogP contribution in [0.2, 0.25) is 0 Å². The van der Waals surface area contributed by atoms with Gasteiger partial charge in [0.1, 0.15) is 0 Å². The number of thiophene rings is 1. The molecule has 0 saturated carbocycles. The second-order valence-electron chi connectivity index (χ2n) is 3.56. The standard InChI is InChI=1S/C11H11N3O2S/c12-7-1-2-8-6(3-7)4-9(17-8)11(16)14-5-10(13)15/h1-4H,5,12H2,(H2,13,15)(H,14,16). The van der Waals surface area contributed by atoms with Gasteiger partial charge in [0.15, 0.2) is 0 Å². The van der Waals surface area contributed by atoms with Gasteiger partial charge >= 0.3 is 0 Å². The first-order valence-electron chi connectivity index (χ1n) is 4.92. The Labute approximate surface area is 101 Å². The molecule has 0 spiro atoms. The van der Waals surface area contributed by atoms with Gasteiger partial charge in [-0.2, -0.15) is 0 Å². The molecule has 0 aliphatic rings. The molecule has 2 amide bonds. The van der Waals surface area contributed by atoms with Gasteiger partial charge in [0.05, 0.1) is 11.4 Å². The van der Waals surface area contributed by atoms with Crippen molar-refractivity contribution in [3.8, 4) is 0 Å². The Morgan fingerprint density at radius 2 is 2.06 bits per heavy atom. The van der Waals surface area contributed by atoms with Crippen molar-refractivity contribution in [2.75, 3.05) is 12.3 Å². The molecule has 1 heterocycles. The van der Waals surface area contributed by atoms with E-state index in [9.17, 15) is 9.59 Å². The Kier molecular flexibility index (Phi) is 2.97. The lowest BCUT2D eigenvalue weighted by atomic mass is 10.2. The molecular formula is C11H11N3O2S. The third-order valence-corrected chi connectivity index (χ3v) is 3.30. The topological polar surface area (TPSA) is 98.2 Å². The molecule has 1 aromatic heterocycles. The van der Waals surface area contributed by atoms with Gasteiger partial charge in [-0.3, -0.25) is 9.59 Å². The zero-order chi connectivity index (χ0) is 12.4. The van der Waals surface area contributed by atoms with Crippen LogP contribution in [0.3, 0.4) is 0 Å². The molecule has 0 unspecified atom stereocenters. The summed E-state index contributed by atoms with van der Waals surface area (Å²) in [5, 5.41) is 3.36. The van der Waals surface area contributed by atoms with Crippen molar-refractivity contribution in [1.29, 1.82) is 0 Å². The summed E-state index contributed by atoms with van der Waals surface area (Å²) >= 11 is 1.35. The normalized spacial score (nSPS) is 10.4. The van der Waals surface area contributed by atoms with Crippen LogP contribution in [-0.2, 0) is 4.79 Å². The third kappa shape index (κ3) is 2.54. The Hall–Kier alpha value is -2.08. The van der Waals surface area contributed by atoms with E-state index in [1.54, 1.807) is 18.2 Å². The minimum atomic E-state index is -0.566. The highest BCUT2D eigenvalue weighted by atomic mass is 32.1. The van der Waals surface area contributed by atoms with Crippen molar-refractivity contribution in [2.24, 2.45) is 5.73 Å². The van der Waals surface area contributed by atoms with Gasteiger partial charge in [0.2, 0.25) is 5.91 Å². The first-order valence-corrected chi connectivity index (χ1v) is 5.73. The van der Waals surface area contributed by atoms with Crippen LogP contribution in [0.1, 0.15) is 9.67 Å². The fourth-order valence-electron chi connectivity index (χ4n) is 1.43. The van der Waals surface area contributed by atoms with Crippen LogP contribution < -0.4 is 16.8 Å². The highest BCUT2D eigenvalue weighted by molar-refractivity contribution is 7.20. The summed E-state index contributed by atoms with van der Waals surface area (Å²) in [5.41, 5.74) is 11.2. The molecule has 5 N–H and O–H groups in total. The number of hydrogen-bond donors (Lipinski definition) is 3. The van der Waals surface area contributed by atoms with Gasteiger partial charge < -0.3 is 16.8 Å². The van der Waals surface area contributed by atoms with E-state index in [2.05, 4.69) is 5.32 Å². The van der Waals surface area contributed by atoms with E-state index in [4.69, 9.17) is 11.5 Å². The number of anilines is 1. The molecule has 5 nitrogen and oxygen atoms in total. The predicted molar refractivity (Wildman–Crippen MR) is 67.8 cm³/mol. The quantitative estimate of drug-likeness (QED) is 0.698. The maximum atomic E-state index is 11.7. The largest absolute Gasteiger partial charge is 0.399 e. The van der Waals surface area contributed by atoms with E-state index in [0.29, 0.717) is 10.6 Å². The maximum absolute atomic E-state index is 11.7. The van der Waals surface area contributed by atoms with Crippen molar-refractivity contribution < 1.29 is 9.59 Å². The van der Waals surface area contributed by atoms with E-state index in [1.807, 2.05) is 6.07 Å². The molecule has 0 saturated heterocycles. The number of nitrogens with two attached hydrogens (primary N) is 2. The van der Waals surface area contributed by atoms with Crippen molar-refractivity contribution in [3.05, 3.63) is 29.1 Å². The number of carbonyl (C=O) groups is 2. The molecule has 0 atom stereocenters. The first kappa shape index (κ1) is 11.4. The van der Waals surface area contributed by atoms with E-state index in [-0.39, 0.29) is 12.5 Å². The number of rotatable bonds is 3. The Morgan fingerprint density at radius 1 is 1.29 bits per heavy atom. The lowest BCUT2D eigenvalue weighted by Gasteiger charge is -1.98. The maximum Gasteiger partial charge on any atom is 0.261 e. The summed E-state index contributed by atoms with van der Waals surface area (Å²) in [6.45, 7) is -0.158. The number of benzene rings is 1. The van der Waals surface area contributed by atoms with Crippen LogP contribution in [0.5, 0.6) is 0 Å². The molecule has 1 aromatic carbocycles. The molecule has 6 heteroatoms. The van der Waals surface area contributed by atoms with Gasteiger partial charge in [-0.05, 0) is 29.7 Å². The van der Waals surface area contributed by atoms with Crippen LogP contribution in [0.4, 0.5) is 5.69 Å². The van der Waals surface area contributed by atoms with Crippen LogP contribution >= 0.6 is 11.3 Å². The van der Waals surface area contributed by atoms with Crippen molar-refractivity contribution >= 4 is 38.9 Å². The molecule has 2 rings (SSSR count). The van der Waals surface area contributed by atoms with Crippen molar-refractivity contribution in [2.45, 2.75) is 0 Å². The van der Waals surface area contributed by atoms with Crippen LogP contribution in [-0.4, -0.2) is 18.4 Å². The third-order valence-electron chi connectivity index (χ3n) is 2.19. The fraction of sp³-hybridized carbons (Fsp3) is 0.0909. The summed E-state index contributed by atoms with van der Waals surface area (Å²) in [6.07, 6.45) is 0. The van der Waals surface area contributed by atoms with Gasteiger partial charge in [-0.25, -0.2) is 0 Å². The second kappa shape index (κ2) is 4.42. The lowest BCUT2D eigenvalue weighted by molar-refractivity contribution is -0.117. The van der Waals surface area contributed by atoms with Gasteiger partial charge in [0.25, 0.3) is 5.91 Å². The van der Waals surface area contributed by atoms with Crippen LogP contribution in [0.25, 0.3) is 10.1 Å². The summed E-state index contributed by atoms with van der Waals surface area (Å²) in [4.78, 5) is 22.7. The zero-order valence-electron chi connectivity index (χ0n) is 8.90. The van der Waals surface area contributed by atoms with Crippen LogP contribution in [0.15, 0.2) is 24.3 Å². The van der Waals surface area contributed by atoms with Gasteiger partial charge in [-0.1, -0.05) is 0 Å². The Balaban J connectivity index is 2.24. The summed E-state index contributed by atoms with van der Waals surface area (Å²) < 4.78 is 0.975. The molecule has 0 aliphatic carbocycles. The smallest absolute Gasteiger partial charge is 0.261 e. The monoisotopic (exact) mass is 249 g/mol. The highest BCUT2D eigenvalue weighted by Gasteiger charge is 2.10. The Bertz CT molecular complexity index is 591. The molecule has 0 fully saturated rings. The van der Waals surface area contributed by atoms with E-state index < -0.39 is 5.91 Å². The molecular weight excluding hydrogens is 238 g/mol. The molecule has 17 heavy (non-hydrogen) atoms. The predicted octanol–water partition coefficient (Wildman–Crippen LogP) is 0.699. The summed E-state index contributed by atoms with van der Waals surface area (Å²) in [7, 11) is 0. The number of fused-ring (bicyclic) bond motifs is 1. The summed E-state index contributed by atoms with van der Waals surface area (Å²) in [6, 6.07) is 7.19. The minimum absolute atomic E-state index is 0.158. The molecule has 0 radical (unpaired) electrons. The second-order valence-corrected chi connectivity index (χ2v) is 4.64. The zero-order valence-corrected chi connectivity index (χ0v) is 9.71. The number of carbonyl (C=O) groups excluding carboxylic acids is 2. The molecule has 0 aliphatic heterocycles. The minimum Gasteiger partial charge on any atom is -0.399 e. The van der Waals surface area contributed by atoms with E-state index >= 15 is 0 Å². The highest BCUT2D eigenvalue weighted by Crippen LogP contribution is 2.27. The molecule has 88 valence electrons. The number of amides is 2.